The van der Waals surface area contributed by atoms with Crippen LogP contribution >= 0.6 is 0 Å². The number of diazo groups is 1. The lowest BCUT2D eigenvalue weighted by Crippen LogP contribution is -2.21. The lowest BCUT2D eigenvalue weighted by atomic mass is 9.95. The van der Waals surface area contributed by atoms with Gasteiger partial charge in [-0.3, -0.25) is 0 Å². The summed E-state index contributed by atoms with van der Waals surface area (Å²) in [5, 5.41) is 12.1. The molecule has 2 rings (SSSR count). The summed E-state index contributed by atoms with van der Waals surface area (Å²) in [7, 11) is 0. The quantitative estimate of drug-likeness (QED) is 0.738. The summed E-state index contributed by atoms with van der Waals surface area (Å²) in [6.07, 6.45) is 6.59. The Kier molecular flexibility index (Phi) is 3.18. The van der Waals surface area contributed by atoms with Gasteiger partial charge in [-0.05, 0) is 25.0 Å². The van der Waals surface area contributed by atoms with Crippen molar-refractivity contribution in [3.63, 3.8) is 0 Å². The molecule has 1 N–H and O–H groups in total. The van der Waals surface area contributed by atoms with E-state index in [4.69, 9.17) is 5.39 Å². The minimum absolute atomic E-state index is 0.601. The van der Waals surface area contributed by atoms with Crippen molar-refractivity contribution in [3.05, 3.63) is 29.2 Å². The first-order chi connectivity index (χ1) is 7.38. The molecule has 1 fully saturated rings. The van der Waals surface area contributed by atoms with E-state index in [1.165, 1.54) is 32.1 Å². The van der Waals surface area contributed by atoms with Gasteiger partial charge in [0, 0.05) is 23.9 Å². The Morgan fingerprint density at radius 2 is 1.73 bits per heavy atom. The molecule has 1 aromatic carbocycles. The van der Waals surface area contributed by atoms with Crippen LogP contribution in [0.15, 0.2) is 24.3 Å². The molecule has 0 radical (unpaired) electrons. The highest BCUT2D eigenvalue weighted by molar-refractivity contribution is 5.54. The van der Waals surface area contributed by atoms with Gasteiger partial charge in [-0.2, -0.15) is 0 Å². The van der Waals surface area contributed by atoms with E-state index in [0.717, 1.165) is 5.69 Å². The Morgan fingerprint density at radius 3 is 2.33 bits per heavy atom. The summed E-state index contributed by atoms with van der Waals surface area (Å²) < 4.78 is 0. The third-order valence-electron chi connectivity index (χ3n) is 2.96. The molecular formula is C12H16N3+. The molecule has 1 saturated carbocycles. The number of benzene rings is 1. The Bertz CT molecular complexity index is 344. The number of anilines is 1. The van der Waals surface area contributed by atoms with Gasteiger partial charge in [0.05, 0.1) is 0 Å². The Morgan fingerprint density at radius 1 is 1.07 bits per heavy atom. The van der Waals surface area contributed by atoms with Gasteiger partial charge in [-0.15, -0.1) is 0 Å². The zero-order valence-corrected chi connectivity index (χ0v) is 8.82. The van der Waals surface area contributed by atoms with Crippen LogP contribution in [-0.2, 0) is 0 Å². The zero-order valence-electron chi connectivity index (χ0n) is 8.82. The van der Waals surface area contributed by atoms with Gasteiger partial charge >= 0.3 is 5.69 Å². The molecule has 1 aromatic rings. The number of nitrogens with zero attached hydrogens (tertiary/aromatic N) is 2. The molecule has 0 unspecified atom stereocenters. The summed E-state index contributed by atoms with van der Waals surface area (Å²) in [4.78, 5) is 3.13. The van der Waals surface area contributed by atoms with Crippen LogP contribution in [0.25, 0.3) is 4.98 Å². The molecule has 1 aliphatic rings. The topological polar surface area (TPSA) is 40.2 Å². The van der Waals surface area contributed by atoms with Gasteiger partial charge < -0.3 is 5.32 Å². The Labute approximate surface area is 90.1 Å². The van der Waals surface area contributed by atoms with Crippen LogP contribution in [0, 0.1) is 5.39 Å². The highest BCUT2D eigenvalue weighted by Crippen LogP contribution is 2.23. The summed E-state index contributed by atoms with van der Waals surface area (Å²) >= 11 is 0. The summed E-state index contributed by atoms with van der Waals surface area (Å²) in [6.45, 7) is 0. The second kappa shape index (κ2) is 4.79. The molecule has 0 spiro atoms. The molecule has 15 heavy (non-hydrogen) atoms. The molecule has 3 nitrogen and oxygen atoms in total. The molecular weight excluding hydrogens is 186 g/mol. The van der Waals surface area contributed by atoms with Gasteiger partial charge in [-0.1, -0.05) is 19.3 Å². The maximum absolute atomic E-state index is 8.55. The molecule has 0 saturated heterocycles. The van der Waals surface area contributed by atoms with E-state index in [1.807, 2.05) is 24.3 Å². The predicted molar refractivity (Wildman–Crippen MR) is 61.7 cm³/mol. The van der Waals surface area contributed by atoms with Gasteiger partial charge in [0.15, 0.2) is 4.98 Å². The van der Waals surface area contributed by atoms with Crippen molar-refractivity contribution in [2.24, 2.45) is 0 Å². The van der Waals surface area contributed by atoms with E-state index in [1.54, 1.807) is 0 Å². The van der Waals surface area contributed by atoms with E-state index in [9.17, 15) is 0 Å². The smallest absolute Gasteiger partial charge is 0.382 e. The molecule has 0 atom stereocenters. The molecule has 3 heteroatoms. The average Bonchev–Trinajstić information content (AvgIpc) is 2.31. The van der Waals surface area contributed by atoms with E-state index in [-0.39, 0.29) is 0 Å². The van der Waals surface area contributed by atoms with Crippen molar-refractivity contribution >= 4 is 11.4 Å². The average molecular weight is 202 g/mol. The van der Waals surface area contributed by atoms with Gasteiger partial charge in [-0.25, -0.2) is 0 Å². The minimum Gasteiger partial charge on any atom is -0.382 e. The van der Waals surface area contributed by atoms with Crippen molar-refractivity contribution in [2.45, 2.75) is 38.1 Å². The molecule has 78 valence electrons. The summed E-state index contributed by atoms with van der Waals surface area (Å²) in [5.74, 6) is 0. The van der Waals surface area contributed by atoms with Crippen molar-refractivity contribution in [1.82, 2.24) is 0 Å². The molecule has 0 aromatic heterocycles. The molecule has 0 aliphatic heterocycles. The van der Waals surface area contributed by atoms with Gasteiger partial charge in [0.25, 0.3) is 0 Å². The fraction of sp³-hybridized carbons (Fsp3) is 0.500. The molecule has 0 heterocycles. The van der Waals surface area contributed by atoms with E-state index < -0.39 is 0 Å². The van der Waals surface area contributed by atoms with Crippen LogP contribution in [0.4, 0.5) is 11.4 Å². The lowest BCUT2D eigenvalue weighted by Gasteiger charge is -2.23. The van der Waals surface area contributed by atoms with Crippen LogP contribution in [0.5, 0.6) is 0 Å². The maximum Gasteiger partial charge on any atom is 0.385 e. The number of hydrogen-bond acceptors (Lipinski definition) is 2. The van der Waals surface area contributed by atoms with Crippen LogP contribution in [0.1, 0.15) is 32.1 Å². The SMILES string of the molecule is N#[N+]c1ccc(NC2CCCCC2)cc1. The number of nitrogens with one attached hydrogen (secondary N) is 1. The van der Waals surface area contributed by atoms with Crippen LogP contribution in [0.3, 0.4) is 0 Å². The lowest BCUT2D eigenvalue weighted by molar-refractivity contribution is 0.463. The standard InChI is InChI=1S/C12H16N3/c13-15-12-8-6-11(7-9-12)14-10-4-2-1-3-5-10/h6-10,14H,1-5H2/q+1. The highest BCUT2D eigenvalue weighted by Gasteiger charge is 2.13. The minimum atomic E-state index is 0.601. The molecule has 0 amide bonds. The van der Waals surface area contributed by atoms with Crippen LogP contribution in [0.2, 0.25) is 0 Å². The van der Waals surface area contributed by atoms with Gasteiger partial charge in [0.1, 0.15) is 0 Å². The normalized spacial score (nSPS) is 17.0. The van der Waals surface area contributed by atoms with Crippen LogP contribution in [-0.4, -0.2) is 6.04 Å². The van der Waals surface area contributed by atoms with Crippen molar-refractivity contribution < 1.29 is 0 Å². The Balaban J connectivity index is 1.95. The van der Waals surface area contributed by atoms with Gasteiger partial charge in [0.2, 0.25) is 5.39 Å². The first-order valence-electron chi connectivity index (χ1n) is 5.60. The summed E-state index contributed by atoms with van der Waals surface area (Å²) in [6, 6.07) is 8.17. The number of rotatable bonds is 2. The van der Waals surface area contributed by atoms with Crippen LogP contribution < -0.4 is 5.32 Å². The third kappa shape index (κ3) is 2.69. The molecule has 0 bridgehead atoms. The Hall–Kier alpha value is -1.56. The zero-order chi connectivity index (χ0) is 10.5. The number of hydrogen-bond donors (Lipinski definition) is 1. The van der Waals surface area contributed by atoms with Crippen molar-refractivity contribution in [2.75, 3.05) is 5.32 Å². The first-order valence-corrected chi connectivity index (χ1v) is 5.60. The van der Waals surface area contributed by atoms with E-state index in [2.05, 4.69) is 10.3 Å². The van der Waals surface area contributed by atoms with E-state index >= 15 is 0 Å². The molecule has 1 aliphatic carbocycles. The fourth-order valence-electron chi connectivity index (χ4n) is 2.11. The second-order valence-corrected chi connectivity index (χ2v) is 4.13. The highest BCUT2D eigenvalue weighted by atomic mass is 14.9. The summed E-state index contributed by atoms with van der Waals surface area (Å²) in [5.41, 5.74) is 1.72. The second-order valence-electron chi connectivity index (χ2n) is 4.13. The largest absolute Gasteiger partial charge is 0.385 e. The van der Waals surface area contributed by atoms with Crippen molar-refractivity contribution in [3.8, 4) is 0 Å². The first kappa shape index (κ1) is 9.97. The van der Waals surface area contributed by atoms with E-state index in [0.29, 0.717) is 11.7 Å². The fourth-order valence-corrected chi connectivity index (χ4v) is 2.11. The third-order valence-corrected chi connectivity index (χ3v) is 2.96. The van der Waals surface area contributed by atoms with Crippen molar-refractivity contribution in [1.29, 1.82) is 5.39 Å². The monoisotopic (exact) mass is 202 g/mol. The maximum atomic E-state index is 8.55. The predicted octanol–water partition coefficient (Wildman–Crippen LogP) is 3.92.